The van der Waals surface area contributed by atoms with Gasteiger partial charge in [-0.25, -0.2) is 13.1 Å². The molecular formula is C12H15NO5S. The highest BCUT2D eigenvalue weighted by atomic mass is 32.2. The van der Waals surface area contributed by atoms with Crippen LogP contribution in [0.25, 0.3) is 0 Å². The minimum absolute atomic E-state index is 0.193. The van der Waals surface area contributed by atoms with Gasteiger partial charge in [-0.1, -0.05) is 30.3 Å². The Kier molecular flexibility index (Phi) is 5.65. The van der Waals surface area contributed by atoms with Crippen molar-refractivity contribution < 1.29 is 23.1 Å². The number of carbonyl (C=O) groups excluding carboxylic acids is 1. The van der Waals surface area contributed by atoms with Crippen molar-refractivity contribution in [2.75, 3.05) is 5.75 Å². The monoisotopic (exact) mass is 285 g/mol. The number of carboxylic acids is 1. The normalized spacial score (nSPS) is 12.8. The zero-order valence-corrected chi connectivity index (χ0v) is 11.0. The average molecular weight is 285 g/mol. The van der Waals surface area contributed by atoms with E-state index in [-0.39, 0.29) is 12.0 Å². The maximum atomic E-state index is 11.7. The third-order valence-electron chi connectivity index (χ3n) is 2.39. The maximum Gasteiger partial charge on any atom is 0.305 e. The first-order chi connectivity index (χ1) is 8.93. The Morgan fingerprint density at radius 3 is 2.47 bits per heavy atom. The second kappa shape index (κ2) is 7.01. The van der Waals surface area contributed by atoms with Gasteiger partial charge in [-0.2, -0.15) is 0 Å². The summed E-state index contributed by atoms with van der Waals surface area (Å²) < 4.78 is 25.5. The summed E-state index contributed by atoms with van der Waals surface area (Å²) in [7, 11) is -3.68. The predicted octanol–water partition coefficient (Wildman–Crippen LogP) is 0.191. The first-order valence-electron chi connectivity index (χ1n) is 5.64. The molecule has 0 aliphatic rings. The molecule has 0 aliphatic heterocycles. The molecule has 2 N–H and O–H groups in total. The standard InChI is InChI=1S/C12H15NO5S/c14-9-11(8-12(15)16)13-19(17,18)7-6-10-4-2-1-3-5-10/h1-5,9,11,13H,6-8H2,(H,15,16)/t11-/m0/s1. The Balaban J connectivity index is 2.56. The molecule has 0 aromatic heterocycles. The van der Waals surface area contributed by atoms with Gasteiger partial charge in [-0.15, -0.1) is 0 Å². The molecule has 19 heavy (non-hydrogen) atoms. The molecule has 1 aromatic rings. The SMILES string of the molecule is O=C[C@H](CC(=O)O)NS(=O)(=O)CCc1ccccc1. The molecule has 0 fully saturated rings. The molecule has 0 radical (unpaired) electrons. The Morgan fingerprint density at radius 1 is 1.32 bits per heavy atom. The lowest BCUT2D eigenvalue weighted by atomic mass is 10.2. The molecule has 1 atom stereocenters. The Labute approximate surface area is 111 Å². The van der Waals surface area contributed by atoms with Gasteiger partial charge in [0.15, 0.2) is 0 Å². The quantitative estimate of drug-likeness (QED) is 0.664. The van der Waals surface area contributed by atoms with Gasteiger partial charge in [0.2, 0.25) is 10.0 Å². The highest BCUT2D eigenvalue weighted by Crippen LogP contribution is 2.02. The zero-order chi connectivity index (χ0) is 14.3. The first kappa shape index (κ1) is 15.3. The van der Waals surface area contributed by atoms with E-state index < -0.39 is 28.5 Å². The molecular weight excluding hydrogens is 270 g/mol. The van der Waals surface area contributed by atoms with Crippen LogP contribution in [0.2, 0.25) is 0 Å². The highest BCUT2D eigenvalue weighted by molar-refractivity contribution is 7.89. The molecule has 104 valence electrons. The van der Waals surface area contributed by atoms with E-state index in [1.807, 2.05) is 6.07 Å². The van der Waals surface area contributed by atoms with Crippen LogP contribution in [0.1, 0.15) is 12.0 Å². The minimum Gasteiger partial charge on any atom is -0.481 e. The number of aliphatic carboxylic acids is 1. The van der Waals surface area contributed by atoms with E-state index in [4.69, 9.17) is 5.11 Å². The molecule has 0 unspecified atom stereocenters. The van der Waals surface area contributed by atoms with Crippen molar-refractivity contribution in [3.05, 3.63) is 35.9 Å². The van der Waals surface area contributed by atoms with Crippen molar-refractivity contribution >= 4 is 22.3 Å². The lowest BCUT2D eigenvalue weighted by molar-refractivity contribution is -0.138. The number of benzene rings is 1. The van der Waals surface area contributed by atoms with Gasteiger partial charge >= 0.3 is 5.97 Å². The summed E-state index contributed by atoms with van der Waals surface area (Å²) in [5.41, 5.74) is 0.855. The maximum absolute atomic E-state index is 11.7. The minimum atomic E-state index is -3.68. The zero-order valence-electron chi connectivity index (χ0n) is 10.2. The summed E-state index contributed by atoms with van der Waals surface area (Å²) >= 11 is 0. The average Bonchev–Trinajstić information content (AvgIpc) is 2.36. The predicted molar refractivity (Wildman–Crippen MR) is 69.2 cm³/mol. The Bertz CT molecular complexity index is 526. The van der Waals surface area contributed by atoms with E-state index in [2.05, 4.69) is 4.72 Å². The second-order valence-corrected chi connectivity index (χ2v) is 5.89. The van der Waals surface area contributed by atoms with Crippen molar-refractivity contribution in [2.45, 2.75) is 18.9 Å². The van der Waals surface area contributed by atoms with Crippen LogP contribution in [0, 0.1) is 0 Å². The summed E-state index contributed by atoms with van der Waals surface area (Å²) in [5.74, 6) is -1.43. The molecule has 0 amide bonds. The van der Waals surface area contributed by atoms with Crippen LogP contribution >= 0.6 is 0 Å². The number of hydrogen-bond donors (Lipinski definition) is 2. The lowest BCUT2D eigenvalue weighted by Gasteiger charge is -2.11. The molecule has 6 nitrogen and oxygen atoms in total. The van der Waals surface area contributed by atoms with Crippen molar-refractivity contribution in [3.63, 3.8) is 0 Å². The van der Waals surface area contributed by atoms with Gasteiger partial charge in [0.25, 0.3) is 0 Å². The molecule has 7 heteroatoms. The van der Waals surface area contributed by atoms with E-state index in [9.17, 15) is 18.0 Å². The summed E-state index contributed by atoms with van der Waals surface area (Å²) in [5, 5.41) is 8.53. The number of aldehydes is 1. The van der Waals surface area contributed by atoms with Gasteiger partial charge < -0.3 is 9.90 Å². The Hall–Kier alpha value is -1.73. The molecule has 0 heterocycles. The van der Waals surface area contributed by atoms with Gasteiger partial charge in [-0.3, -0.25) is 4.79 Å². The van der Waals surface area contributed by atoms with Gasteiger partial charge in [0.05, 0.1) is 18.2 Å². The van der Waals surface area contributed by atoms with E-state index in [0.29, 0.717) is 6.42 Å². The van der Waals surface area contributed by atoms with Crippen LogP contribution in [0.4, 0.5) is 0 Å². The second-order valence-electron chi connectivity index (χ2n) is 4.01. The molecule has 0 spiro atoms. The molecule has 1 aromatic carbocycles. The number of rotatable bonds is 8. The number of aryl methyl sites for hydroxylation is 1. The van der Waals surface area contributed by atoms with E-state index in [1.165, 1.54) is 0 Å². The van der Waals surface area contributed by atoms with Crippen LogP contribution in [-0.4, -0.2) is 37.6 Å². The van der Waals surface area contributed by atoms with Crippen molar-refractivity contribution in [3.8, 4) is 0 Å². The summed E-state index contributed by atoms with van der Waals surface area (Å²) in [6, 6.07) is 7.79. The third kappa shape index (κ3) is 6.12. The van der Waals surface area contributed by atoms with Crippen molar-refractivity contribution in [2.24, 2.45) is 0 Å². The van der Waals surface area contributed by atoms with E-state index in [1.54, 1.807) is 24.3 Å². The lowest BCUT2D eigenvalue weighted by Crippen LogP contribution is -2.39. The summed E-state index contributed by atoms with van der Waals surface area (Å²) in [4.78, 5) is 21.0. The third-order valence-corrected chi connectivity index (χ3v) is 3.80. The number of carboxylic acid groups (broad SMARTS) is 1. The first-order valence-corrected chi connectivity index (χ1v) is 7.29. The van der Waals surface area contributed by atoms with Gasteiger partial charge in [-0.05, 0) is 12.0 Å². The number of carbonyl (C=O) groups is 2. The van der Waals surface area contributed by atoms with Gasteiger partial charge in [0, 0.05) is 0 Å². The molecule has 1 rings (SSSR count). The number of nitrogens with one attached hydrogen (secondary N) is 1. The van der Waals surface area contributed by atoms with Crippen molar-refractivity contribution in [1.29, 1.82) is 0 Å². The van der Waals surface area contributed by atoms with Crippen LogP contribution in [0.15, 0.2) is 30.3 Å². The fraction of sp³-hybridized carbons (Fsp3) is 0.333. The molecule has 0 aliphatic carbocycles. The van der Waals surface area contributed by atoms with Crippen LogP contribution < -0.4 is 4.72 Å². The van der Waals surface area contributed by atoms with Crippen LogP contribution in [0.5, 0.6) is 0 Å². The van der Waals surface area contributed by atoms with Crippen molar-refractivity contribution in [1.82, 2.24) is 4.72 Å². The molecule has 0 saturated heterocycles. The fourth-order valence-electron chi connectivity index (χ4n) is 1.49. The summed E-state index contributed by atoms with van der Waals surface area (Å²) in [6.45, 7) is 0. The van der Waals surface area contributed by atoms with Crippen LogP contribution in [0.3, 0.4) is 0 Å². The number of hydrogen-bond acceptors (Lipinski definition) is 4. The Morgan fingerprint density at radius 2 is 1.95 bits per heavy atom. The largest absolute Gasteiger partial charge is 0.481 e. The van der Waals surface area contributed by atoms with E-state index in [0.717, 1.165) is 5.56 Å². The topological polar surface area (TPSA) is 101 Å². The fourth-order valence-corrected chi connectivity index (χ4v) is 2.71. The smallest absolute Gasteiger partial charge is 0.305 e. The molecule has 0 saturated carbocycles. The van der Waals surface area contributed by atoms with Crippen LogP contribution in [-0.2, 0) is 26.0 Å². The summed E-state index contributed by atoms with van der Waals surface area (Å²) in [6.07, 6.45) is 0.0249. The number of sulfonamides is 1. The van der Waals surface area contributed by atoms with E-state index >= 15 is 0 Å². The van der Waals surface area contributed by atoms with Gasteiger partial charge in [0.1, 0.15) is 6.29 Å². The molecule has 0 bridgehead atoms. The highest BCUT2D eigenvalue weighted by Gasteiger charge is 2.19.